The number of fused-ring (bicyclic) bond motifs is 5. The fraction of sp³-hybridized carbons (Fsp3) is 0.320. The highest BCUT2D eigenvalue weighted by molar-refractivity contribution is 6.16. The van der Waals surface area contributed by atoms with Crippen molar-refractivity contribution in [2.75, 3.05) is 20.3 Å². The molecule has 3 aliphatic rings. The first kappa shape index (κ1) is 20.3. The molecule has 2 aromatic rings. The molecule has 7 nitrogen and oxygen atoms in total. The number of ether oxygens (including phenoxy) is 3. The second-order valence-corrected chi connectivity index (χ2v) is 7.80. The molecule has 0 fully saturated rings. The van der Waals surface area contributed by atoms with Gasteiger partial charge in [0, 0.05) is 16.9 Å². The van der Waals surface area contributed by atoms with Gasteiger partial charge in [-0.05, 0) is 50.0 Å². The zero-order valence-electron chi connectivity index (χ0n) is 18.3. The normalized spacial score (nSPS) is 15.7. The van der Waals surface area contributed by atoms with E-state index in [0.717, 1.165) is 62.3 Å². The quantitative estimate of drug-likeness (QED) is 0.707. The molecule has 0 radical (unpaired) electrons. The van der Waals surface area contributed by atoms with Gasteiger partial charge >= 0.3 is 11.9 Å². The maximum absolute atomic E-state index is 12.6. The summed E-state index contributed by atoms with van der Waals surface area (Å²) in [5, 5.41) is 3.54. The lowest BCUT2D eigenvalue weighted by atomic mass is 9.93. The Labute approximate surface area is 184 Å². The molecule has 1 aliphatic heterocycles. The summed E-state index contributed by atoms with van der Waals surface area (Å²) in [5.41, 5.74) is 4.74. The van der Waals surface area contributed by atoms with Crippen LogP contribution >= 0.6 is 0 Å². The summed E-state index contributed by atoms with van der Waals surface area (Å²) in [6, 6.07) is 5.45. The highest BCUT2D eigenvalue weighted by Gasteiger charge is 2.29. The second-order valence-electron chi connectivity index (χ2n) is 7.80. The van der Waals surface area contributed by atoms with Gasteiger partial charge in [-0.2, -0.15) is 0 Å². The Bertz CT molecular complexity index is 1440. The maximum Gasteiger partial charge on any atom is 0.339 e. The number of nitrogens with zero attached hydrogens (tertiary/aromatic N) is 1. The fourth-order valence-electron chi connectivity index (χ4n) is 4.71. The van der Waals surface area contributed by atoms with Crippen molar-refractivity contribution in [2.45, 2.75) is 33.1 Å². The molecule has 0 spiro atoms. The molecule has 0 unspecified atom stereocenters. The number of allylic oxidation sites excluding steroid dienone is 1. The van der Waals surface area contributed by atoms with E-state index in [2.05, 4.69) is 4.98 Å². The third kappa shape index (κ3) is 2.99. The first-order valence-electron chi connectivity index (χ1n) is 10.9. The summed E-state index contributed by atoms with van der Waals surface area (Å²) in [5.74, 6) is 0.157. The number of carbonyl (C=O) groups is 2. The average Bonchev–Trinajstić information content (AvgIpc) is 3.36. The molecule has 1 aromatic carbocycles. The van der Waals surface area contributed by atoms with Crippen LogP contribution in [0.15, 0.2) is 29.3 Å². The van der Waals surface area contributed by atoms with Crippen molar-refractivity contribution < 1.29 is 23.8 Å². The second kappa shape index (κ2) is 7.82. The summed E-state index contributed by atoms with van der Waals surface area (Å²) >= 11 is 0. The van der Waals surface area contributed by atoms with Crippen LogP contribution in [0.2, 0.25) is 0 Å². The van der Waals surface area contributed by atoms with Crippen molar-refractivity contribution in [1.29, 1.82) is 0 Å². The molecule has 0 bridgehead atoms. The number of hydrogen-bond donors (Lipinski definition) is 1. The minimum absolute atomic E-state index is 0.321. The summed E-state index contributed by atoms with van der Waals surface area (Å²) in [4.78, 5) is 33.1. The number of rotatable bonds is 5. The van der Waals surface area contributed by atoms with E-state index < -0.39 is 0 Å². The molecule has 32 heavy (non-hydrogen) atoms. The highest BCUT2D eigenvalue weighted by Crippen LogP contribution is 2.29. The first-order valence-corrected chi connectivity index (χ1v) is 10.9. The Balaban J connectivity index is 1.75. The number of benzene rings is 1. The number of hydrogen-bond acceptors (Lipinski definition) is 6. The van der Waals surface area contributed by atoms with Gasteiger partial charge in [-0.1, -0.05) is 12.1 Å². The lowest BCUT2D eigenvalue weighted by Crippen LogP contribution is -2.34. The molecule has 0 saturated carbocycles. The van der Waals surface area contributed by atoms with Crippen LogP contribution < -0.4 is 21.1 Å². The van der Waals surface area contributed by atoms with Gasteiger partial charge in [-0.25, -0.2) is 14.6 Å². The van der Waals surface area contributed by atoms with Crippen LogP contribution in [0, 0.1) is 0 Å². The number of aromatic amines is 1. The molecule has 1 aromatic heterocycles. The van der Waals surface area contributed by atoms with Crippen molar-refractivity contribution in [3.05, 3.63) is 62.2 Å². The van der Waals surface area contributed by atoms with Gasteiger partial charge in [0.15, 0.2) is 0 Å². The topological polar surface area (TPSA) is 90.0 Å². The molecule has 1 N–H and O–H groups in total. The van der Waals surface area contributed by atoms with Gasteiger partial charge in [0.05, 0.1) is 53.6 Å². The van der Waals surface area contributed by atoms with Crippen molar-refractivity contribution in [3.8, 4) is 0 Å². The number of aromatic nitrogens is 1. The van der Waals surface area contributed by atoms with Crippen LogP contribution in [0.5, 0.6) is 0 Å². The lowest BCUT2D eigenvalue weighted by molar-refractivity contribution is -0.136. The molecule has 5 rings (SSSR count). The summed E-state index contributed by atoms with van der Waals surface area (Å²) in [7, 11) is 1.67. The van der Waals surface area contributed by atoms with Gasteiger partial charge in [0.25, 0.3) is 0 Å². The van der Waals surface area contributed by atoms with E-state index in [0.29, 0.717) is 30.8 Å². The molecule has 0 amide bonds. The Kier molecular flexibility index (Phi) is 4.96. The predicted octanol–water partition coefficient (Wildman–Crippen LogP) is 0.835. The van der Waals surface area contributed by atoms with Crippen LogP contribution in [-0.4, -0.2) is 37.2 Å². The fourth-order valence-corrected chi connectivity index (χ4v) is 4.71. The van der Waals surface area contributed by atoms with E-state index >= 15 is 0 Å². The largest absolute Gasteiger partial charge is 0.500 e. The highest BCUT2D eigenvalue weighted by atomic mass is 16.5. The van der Waals surface area contributed by atoms with E-state index in [9.17, 15) is 9.59 Å². The Morgan fingerprint density at radius 2 is 1.91 bits per heavy atom. The number of H-pyrrole nitrogens is 1. The van der Waals surface area contributed by atoms with E-state index in [-0.39, 0.29) is 11.9 Å². The molecular weight excluding hydrogens is 408 g/mol. The molecule has 7 heteroatoms. The van der Waals surface area contributed by atoms with Crippen molar-refractivity contribution >= 4 is 34.5 Å². The van der Waals surface area contributed by atoms with E-state index in [1.54, 1.807) is 33.1 Å². The van der Waals surface area contributed by atoms with E-state index in [1.807, 2.05) is 12.1 Å². The number of carbonyl (C=O) groups excluding carboxylic acids is 2. The molecule has 0 saturated heterocycles. The standard InChI is InChI=1S/C25H24N2O5/c1-4-31-24(28)13-9-10-14-17-12-19(30-3)20-15-7-6-8-16(25(29)32-5-2)21(15)27-23(20)22(17)26-18(14)11-13/h8-11,27H,4-7,12H2,1-3H3. The Morgan fingerprint density at radius 3 is 2.66 bits per heavy atom. The van der Waals surface area contributed by atoms with Crippen LogP contribution in [0.3, 0.4) is 0 Å². The number of esters is 2. The van der Waals surface area contributed by atoms with Crippen molar-refractivity contribution in [2.24, 2.45) is 4.99 Å². The minimum atomic E-state index is -0.361. The minimum Gasteiger partial charge on any atom is -0.500 e. The van der Waals surface area contributed by atoms with Crippen molar-refractivity contribution in [3.63, 3.8) is 0 Å². The summed E-state index contributed by atoms with van der Waals surface area (Å²) in [6.45, 7) is 4.23. The lowest BCUT2D eigenvalue weighted by Gasteiger charge is -2.15. The molecular formula is C25H24N2O5. The smallest absolute Gasteiger partial charge is 0.339 e. The third-order valence-electron chi connectivity index (χ3n) is 6.06. The van der Waals surface area contributed by atoms with Gasteiger partial charge in [0.1, 0.15) is 5.76 Å². The number of methoxy groups -OCH3 is 1. The third-order valence-corrected chi connectivity index (χ3v) is 6.06. The maximum atomic E-state index is 12.6. The zero-order valence-corrected chi connectivity index (χ0v) is 18.3. The van der Waals surface area contributed by atoms with Crippen LogP contribution in [-0.2, 0) is 25.4 Å². The monoisotopic (exact) mass is 432 g/mol. The molecule has 164 valence electrons. The molecule has 2 aliphatic carbocycles. The molecule has 2 heterocycles. The van der Waals surface area contributed by atoms with E-state index in [1.165, 1.54) is 0 Å². The van der Waals surface area contributed by atoms with Gasteiger partial charge in [-0.3, -0.25) is 0 Å². The van der Waals surface area contributed by atoms with Gasteiger partial charge < -0.3 is 19.2 Å². The molecule has 0 atom stereocenters. The van der Waals surface area contributed by atoms with Crippen LogP contribution in [0.4, 0.5) is 0 Å². The van der Waals surface area contributed by atoms with Crippen LogP contribution in [0.25, 0.3) is 22.6 Å². The summed E-state index contributed by atoms with van der Waals surface area (Å²) in [6.07, 6.45) is 4.08. The average molecular weight is 432 g/mol. The SMILES string of the molecule is CCOC(=O)C1=CCCc2c1[nH]c1c2=C(OC)CC2=c3ccc(C(=O)OCC)cc3=NC=12. The first-order chi connectivity index (χ1) is 15.6. The predicted molar refractivity (Wildman–Crippen MR) is 118 cm³/mol. The Hall–Kier alpha value is -3.61. The van der Waals surface area contributed by atoms with Crippen molar-refractivity contribution in [1.82, 2.24) is 4.98 Å². The summed E-state index contributed by atoms with van der Waals surface area (Å²) < 4.78 is 16.2. The number of nitrogens with one attached hydrogen (secondary N) is 1. The Morgan fingerprint density at radius 1 is 1.12 bits per heavy atom. The zero-order chi connectivity index (χ0) is 22.4. The van der Waals surface area contributed by atoms with Gasteiger partial charge in [0.2, 0.25) is 0 Å². The van der Waals surface area contributed by atoms with Crippen LogP contribution in [0.1, 0.15) is 48.3 Å². The van der Waals surface area contributed by atoms with E-state index in [4.69, 9.17) is 19.2 Å². The van der Waals surface area contributed by atoms with Gasteiger partial charge in [-0.15, -0.1) is 0 Å².